The predicted molar refractivity (Wildman–Crippen MR) is 128 cm³/mol. The number of carbonyl (C=O) groups is 3. The maximum absolute atomic E-state index is 13.8. The normalized spacial score (nSPS) is 33.2. The van der Waals surface area contributed by atoms with E-state index in [9.17, 15) is 19.5 Å². The highest BCUT2D eigenvalue weighted by Gasteiger charge is 2.77. The fourth-order valence-electron chi connectivity index (χ4n) is 6.01. The molecule has 3 aliphatic heterocycles. The Morgan fingerprint density at radius 1 is 1.21 bits per heavy atom. The van der Waals surface area contributed by atoms with Gasteiger partial charge in [0, 0.05) is 17.8 Å². The van der Waals surface area contributed by atoms with Gasteiger partial charge in [-0.1, -0.05) is 43.7 Å². The first-order valence-corrected chi connectivity index (χ1v) is 12.8. The van der Waals surface area contributed by atoms with Crippen LogP contribution >= 0.6 is 11.8 Å². The van der Waals surface area contributed by atoms with E-state index in [-0.39, 0.29) is 24.3 Å². The van der Waals surface area contributed by atoms with Gasteiger partial charge in [-0.15, -0.1) is 11.8 Å². The highest BCUT2D eigenvalue weighted by Crippen LogP contribution is 2.71. The first-order valence-electron chi connectivity index (χ1n) is 12.0. The van der Waals surface area contributed by atoms with Gasteiger partial charge in [0.05, 0.1) is 29.2 Å². The predicted octanol–water partition coefficient (Wildman–Crippen LogP) is 2.08. The molecule has 3 heterocycles. The minimum absolute atomic E-state index is 0.127. The van der Waals surface area contributed by atoms with Crippen LogP contribution in [-0.4, -0.2) is 62.5 Å². The number of aliphatic hydroxyl groups excluding tert-OH is 1. The van der Waals surface area contributed by atoms with E-state index in [1.54, 1.807) is 23.6 Å². The van der Waals surface area contributed by atoms with Gasteiger partial charge in [0.2, 0.25) is 17.7 Å². The number of fused-ring (bicyclic) bond motifs is 1. The van der Waals surface area contributed by atoms with Crippen LogP contribution in [-0.2, 0) is 20.9 Å². The lowest BCUT2D eigenvalue weighted by Gasteiger charge is -2.36. The van der Waals surface area contributed by atoms with Crippen LogP contribution in [0.3, 0.4) is 0 Å². The van der Waals surface area contributed by atoms with Gasteiger partial charge in [-0.3, -0.25) is 14.4 Å². The summed E-state index contributed by atoms with van der Waals surface area (Å²) in [6.45, 7) is 6.64. The number of carbonyl (C=O) groups excluding carboxylic acids is 3. The van der Waals surface area contributed by atoms with Crippen LogP contribution in [0.15, 0.2) is 30.3 Å². The van der Waals surface area contributed by atoms with E-state index in [0.29, 0.717) is 19.5 Å². The highest BCUT2D eigenvalue weighted by atomic mass is 32.2. The zero-order valence-corrected chi connectivity index (χ0v) is 20.5. The number of nitrogens with zero attached hydrogens (tertiary/aromatic N) is 1. The summed E-state index contributed by atoms with van der Waals surface area (Å²) in [6, 6.07) is 8.56. The summed E-state index contributed by atoms with van der Waals surface area (Å²) in [7, 11) is 0. The first-order chi connectivity index (χ1) is 15.8. The Balaban J connectivity index is 1.63. The molecule has 8 heteroatoms. The number of rotatable bonds is 9. The molecule has 6 atom stereocenters. The van der Waals surface area contributed by atoms with Crippen LogP contribution in [0, 0.1) is 11.8 Å². The molecule has 0 aromatic heterocycles. The van der Waals surface area contributed by atoms with Gasteiger partial charge in [-0.25, -0.2) is 0 Å². The Hall–Kier alpha value is -2.06. The summed E-state index contributed by atoms with van der Waals surface area (Å²) < 4.78 is -1.03. The van der Waals surface area contributed by atoms with E-state index in [0.717, 1.165) is 24.8 Å². The zero-order valence-electron chi connectivity index (χ0n) is 19.7. The number of hydrogen-bond donors (Lipinski definition) is 3. The quantitative estimate of drug-likeness (QED) is 0.477. The molecule has 3 N–H and O–H groups in total. The molecule has 3 saturated heterocycles. The summed E-state index contributed by atoms with van der Waals surface area (Å²) in [5.41, 5.74) is 1.00. The molecule has 3 amide bonds. The summed E-state index contributed by atoms with van der Waals surface area (Å²) in [5, 5.41) is 16.0. The monoisotopic (exact) mass is 473 g/mol. The average Bonchev–Trinajstić information content (AvgIpc) is 3.38. The molecule has 1 aromatic carbocycles. The van der Waals surface area contributed by atoms with Crippen molar-refractivity contribution in [1.29, 1.82) is 0 Å². The van der Waals surface area contributed by atoms with E-state index >= 15 is 0 Å². The lowest BCUT2D eigenvalue weighted by molar-refractivity contribution is -0.143. The van der Waals surface area contributed by atoms with Crippen molar-refractivity contribution in [2.45, 2.75) is 74.6 Å². The minimum Gasteiger partial charge on any atom is -0.394 e. The molecule has 7 nitrogen and oxygen atoms in total. The number of likely N-dealkylation sites (tertiary alicyclic amines) is 1. The molecular weight excluding hydrogens is 438 g/mol. The topological polar surface area (TPSA) is 98.7 Å². The van der Waals surface area contributed by atoms with Crippen LogP contribution in [0.4, 0.5) is 0 Å². The maximum Gasteiger partial charge on any atom is 0.244 e. The lowest BCUT2D eigenvalue weighted by atomic mass is 9.66. The first kappa shape index (κ1) is 24.1. The van der Waals surface area contributed by atoms with Crippen LogP contribution in [0.2, 0.25) is 0 Å². The average molecular weight is 474 g/mol. The third-order valence-corrected chi connectivity index (χ3v) is 9.61. The second-order valence-electron chi connectivity index (χ2n) is 9.85. The van der Waals surface area contributed by atoms with Crippen molar-refractivity contribution in [1.82, 2.24) is 15.5 Å². The van der Waals surface area contributed by atoms with Gasteiger partial charge in [0.1, 0.15) is 6.04 Å². The van der Waals surface area contributed by atoms with Gasteiger partial charge in [-0.05, 0) is 38.7 Å². The minimum atomic E-state index is -0.673. The standard InChI is InChI=1S/C25H35N3O4S/c1-4-5-13-26-22(31)20-25-12-11-24(3,33-25)18(19(25)23(32)28(20)16(2)15-29)21(30)27-14-17-9-7-6-8-10-17/h6-10,16,18-20,29H,4-5,11-15H2,1-3H3,(H,26,31)(H,27,30)/t16-,18-,19+,20?,24+,25?/m1/s1. The van der Waals surface area contributed by atoms with Gasteiger partial charge >= 0.3 is 0 Å². The number of amides is 3. The van der Waals surface area contributed by atoms with Crippen LogP contribution in [0.25, 0.3) is 0 Å². The molecule has 1 spiro atoms. The fraction of sp³-hybridized carbons (Fsp3) is 0.640. The second kappa shape index (κ2) is 9.29. The third kappa shape index (κ3) is 3.95. The third-order valence-electron chi connectivity index (χ3n) is 7.62. The highest BCUT2D eigenvalue weighted by molar-refractivity contribution is 8.02. The van der Waals surface area contributed by atoms with Gasteiger partial charge in [0.15, 0.2) is 0 Å². The molecule has 0 radical (unpaired) electrons. The summed E-state index contributed by atoms with van der Waals surface area (Å²) in [6.07, 6.45) is 3.33. The summed E-state index contributed by atoms with van der Waals surface area (Å²) in [4.78, 5) is 42.3. The van der Waals surface area contributed by atoms with Crippen LogP contribution < -0.4 is 10.6 Å². The molecule has 180 valence electrons. The Morgan fingerprint density at radius 3 is 2.61 bits per heavy atom. The Kier molecular flexibility index (Phi) is 6.78. The lowest BCUT2D eigenvalue weighted by Crippen LogP contribution is -2.56. The van der Waals surface area contributed by atoms with Gasteiger partial charge < -0.3 is 20.6 Å². The molecule has 2 unspecified atom stereocenters. The van der Waals surface area contributed by atoms with Crippen molar-refractivity contribution in [3.05, 3.63) is 35.9 Å². The van der Waals surface area contributed by atoms with Crippen molar-refractivity contribution >= 4 is 29.5 Å². The number of unbranched alkanes of at least 4 members (excludes halogenated alkanes) is 1. The molecule has 0 aliphatic carbocycles. The second-order valence-corrected chi connectivity index (χ2v) is 11.7. The number of aliphatic hydroxyl groups is 1. The number of nitrogens with one attached hydrogen (secondary N) is 2. The molecule has 2 bridgehead atoms. The SMILES string of the molecule is CCCCNC(=O)C1N([C@H](C)CO)C(=O)[C@@H]2[C@H](C(=O)NCc3ccccc3)[C@]3(C)CCC12S3. The van der Waals surface area contributed by atoms with Crippen molar-refractivity contribution in [3.8, 4) is 0 Å². The molecule has 1 aromatic rings. The molecule has 33 heavy (non-hydrogen) atoms. The van der Waals surface area contributed by atoms with Crippen LogP contribution in [0.5, 0.6) is 0 Å². The smallest absolute Gasteiger partial charge is 0.244 e. The van der Waals surface area contributed by atoms with E-state index in [2.05, 4.69) is 24.5 Å². The fourth-order valence-corrected chi connectivity index (χ4v) is 8.35. The van der Waals surface area contributed by atoms with Crippen molar-refractivity contribution in [2.24, 2.45) is 11.8 Å². The van der Waals surface area contributed by atoms with E-state index in [1.807, 2.05) is 30.3 Å². The van der Waals surface area contributed by atoms with E-state index < -0.39 is 33.4 Å². The van der Waals surface area contributed by atoms with Crippen molar-refractivity contribution in [2.75, 3.05) is 13.2 Å². The van der Waals surface area contributed by atoms with Gasteiger partial charge in [-0.2, -0.15) is 0 Å². The zero-order chi connectivity index (χ0) is 23.8. The maximum atomic E-state index is 13.8. The summed E-state index contributed by atoms with van der Waals surface area (Å²) >= 11 is 1.66. The molecule has 3 aliphatic rings. The van der Waals surface area contributed by atoms with Crippen molar-refractivity contribution < 1.29 is 19.5 Å². The van der Waals surface area contributed by atoms with E-state index in [1.165, 1.54) is 0 Å². The number of hydrogen-bond acceptors (Lipinski definition) is 5. The molecular formula is C25H35N3O4S. The largest absolute Gasteiger partial charge is 0.394 e. The van der Waals surface area contributed by atoms with Crippen molar-refractivity contribution in [3.63, 3.8) is 0 Å². The number of benzene rings is 1. The summed E-state index contributed by atoms with van der Waals surface area (Å²) in [5.74, 6) is -1.54. The molecule has 3 fully saturated rings. The van der Waals surface area contributed by atoms with Crippen LogP contribution in [0.1, 0.15) is 52.0 Å². The Morgan fingerprint density at radius 2 is 1.94 bits per heavy atom. The molecule has 0 saturated carbocycles. The molecule has 4 rings (SSSR count). The number of thioether (sulfide) groups is 1. The van der Waals surface area contributed by atoms with E-state index in [4.69, 9.17) is 0 Å². The Labute approximate surface area is 200 Å². The van der Waals surface area contributed by atoms with Gasteiger partial charge in [0.25, 0.3) is 0 Å². The Bertz CT molecular complexity index is 912.